The van der Waals surface area contributed by atoms with Crippen molar-refractivity contribution in [2.24, 2.45) is 0 Å². The number of phenols is 1. The summed E-state index contributed by atoms with van der Waals surface area (Å²) in [4.78, 5) is 23.3. The van der Waals surface area contributed by atoms with Crippen molar-refractivity contribution in [1.29, 1.82) is 0 Å². The van der Waals surface area contributed by atoms with E-state index in [9.17, 15) is 24.9 Å². The van der Waals surface area contributed by atoms with Crippen molar-refractivity contribution in [1.82, 2.24) is 0 Å². The van der Waals surface area contributed by atoms with Crippen LogP contribution in [0.25, 0.3) is 5.57 Å². The van der Waals surface area contributed by atoms with Crippen molar-refractivity contribution in [2.75, 3.05) is 14.2 Å². The highest BCUT2D eigenvalue weighted by molar-refractivity contribution is 6.18. The lowest BCUT2D eigenvalue weighted by Gasteiger charge is -2.15. The van der Waals surface area contributed by atoms with Crippen LogP contribution in [-0.2, 0) is 9.59 Å². The summed E-state index contributed by atoms with van der Waals surface area (Å²) >= 11 is 0. The van der Waals surface area contributed by atoms with Gasteiger partial charge in [0.05, 0.1) is 14.2 Å². The highest BCUT2D eigenvalue weighted by Crippen LogP contribution is 2.40. The van der Waals surface area contributed by atoms with Crippen LogP contribution in [0.5, 0.6) is 17.2 Å². The lowest BCUT2D eigenvalue weighted by Crippen LogP contribution is -2.14. The van der Waals surface area contributed by atoms with Gasteiger partial charge in [0, 0.05) is 0 Å². The van der Waals surface area contributed by atoms with Crippen LogP contribution in [0.3, 0.4) is 0 Å². The molecular weight excluding hydrogens is 400 g/mol. The molecule has 0 saturated carbocycles. The number of carboxylic acids is 2. The van der Waals surface area contributed by atoms with E-state index in [4.69, 9.17) is 9.47 Å². The number of benzene rings is 1. The SMILES string of the molecule is CCCCCCCCCCCCC(=C(C(=O)O)C(=O)O)c1cc(OC)c(O)c(OC)c1. The molecule has 0 bridgehead atoms. The van der Waals surface area contributed by atoms with Gasteiger partial charge in [0.15, 0.2) is 11.5 Å². The smallest absolute Gasteiger partial charge is 0.343 e. The number of unbranched alkanes of at least 4 members (excludes halogenated alkanes) is 9. The second kappa shape index (κ2) is 14.3. The Bertz CT molecular complexity index is 711. The fraction of sp³-hybridized carbons (Fsp3) is 0.583. The topological polar surface area (TPSA) is 113 Å². The van der Waals surface area contributed by atoms with Crippen molar-refractivity contribution in [3.8, 4) is 17.2 Å². The largest absolute Gasteiger partial charge is 0.502 e. The van der Waals surface area contributed by atoms with Gasteiger partial charge < -0.3 is 24.8 Å². The summed E-state index contributed by atoms with van der Waals surface area (Å²) in [5.41, 5.74) is -0.135. The van der Waals surface area contributed by atoms with Crippen molar-refractivity contribution in [2.45, 2.75) is 77.6 Å². The molecule has 3 N–H and O–H groups in total. The Morgan fingerprint density at radius 3 is 1.58 bits per heavy atom. The van der Waals surface area contributed by atoms with Crippen LogP contribution in [0.1, 0.15) is 83.1 Å². The Balaban J connectivity index is 2.89. The number of allylic oxidation sites excluding steroid dienone is 1. The van der Waals surface area contributed by atoms with Crippen LogP contribution in [0, 0.1) is 0 Å². The van der Waals surface area contributed by atoms with Gasteiger partial charge in [-0.2, -0.15) is 0 Å². The maximum absolute atomic E-state index is 11.7. The van der Waals surface area contributed by atoms with Crippen molar-refractivity contribution < 1.29 is 34.4 Å². The zero-order valence-electron chi connectivity index (χ0n) is 18.9. The third kappa shape index (κ3) is 8.52. The molecule has 0 amide bonds. The maximum Gasteiger partial charge on any atom is 0.343 e. The first-order chi connectivity index (χ1) is 14.9. The molecule has 0 atom stereocenters. The minimum absolute atomic E-state index is 0.0880. The Hall–Kier alpha value is -2.70. The molecule has 0 aliphatic heterocycles. The monoisotopic (exact) mass is 436 g/mol. The predicted octanol–water partition coefficient (Wildman–Crippen LogP) is 5.64. The van der Waals surface area contributed by atoms with Gasteiger partial charge in [-0.05, 0) is 36.1 Å². The van der Waals surface area contributed by atoms with Crippen molar-refractivity contribution in [3.05, 3.63) is 23.3 Å². The van der Waals surface area contributed by atoms with E-state index in [-0.39, 0.29) is 22.8 Å². The minimum Gasteiger partial charge on any atom is -0.502 e. The first kappa shape index (κ1) is 26.3. The van der Waals surface area contributed by atoms with Crippen LogP contribution < -0.4 is 9.47 Å². The molecule has 31 heavy (non-hydrogen) atoms. The van der Waals surface area contributed by atoms with Gasteiger partial charge in [-0.15, -0.1) is 0 Å². The third-order valence-corrected chi connectivity index (χ3v) is 5.34. The fourth-order valence-corrected chi connectivity index (χ4v) is 3.62. The van der Waals surface area contributed by atoms with Gasteiger partial charge in [0.25, 0.3) is 0 Å². The fourth-order valence-electron chi connectivity index (χ4n) is 3.62. The average molecular weight is 437 g/mol. The summed E-state index contributed by atoms with van der Waals surface area (Å²) in [5, 5.41) is 29.1. The number of aliphatic carboxylic acids is 2. The molecule has 7 heteroatoms. The molecule has 1 aromatic rings. The first-order valence-corrected chi connectivity index (χ1v) is 11.0. The summed E-state index contributed by atoms with van der Waals surface area (Å²) in [7, 11) is 2.72. The second-order valence-electron chi connectivity index (χ2n) is 7.63. The summed E-state index contributed by atoms with van der Waals surface area (Å²) in [6.45, 7) is 2.20. The average Bonchev–Trinajstić information content (AvgIpc) is 2.73. The van der Waals surface area contributed by atoms with E-state index in [1.165, 1.54) is 64.9 Å². The van der Waals surface area contributed by atoms with Crippen LogP contribution in [0.2, 0.25) is 0 Å². The lowest BCUT2D eigenvalue weighted by atomic mass is 9.93. The number of hydrogen-bond donors (Lipinski definition) is 3. The normalized spacial score (nSPS) is 10.5. The molecule has 0 aliphatic rings. The zero-order chi connectivity index (χ0) is 23.2. The van der Waals surface area contributed by atoms with E-state index in [1.54, 1.807) is 0 Å². The number of ether oxygens (including phenoxy) is 2. The van der Waals surface area contributed by atoms with Gasteiger partial charge in [0.1, 0.15) is 5.57 Å². The van der Waals surface area contributed by atoms with Gasteiger partial charge >= 0.3 is 11.9 Å². The lowest BCUT2D eigenvalue weighted by molar-refractivity contribution is -0.140. The summed E-state index contributed by atoms with van der Waals surface area (Å²) < 4.78 is 10.3. The molecule has 174 valence electrons. The molecule has 0 aromatic heterocycles. The van der Waals surface area contributed by atoms with Crippen LogP contribution >= 0.6 is 0 Å². The van der Waals surface area contributed by atoms with E-state index in [2.05, 4.69) is 6.92 Å². The van der Waals surface area contributed by atoms with E-state index >= 15 is 0 Å². The maximum atomic E-state index is 11.7. The van der Waals surface area contributed by atoms with Crippen LogP contribution in [0.4, 0.5) is 0 Å². The summed E-state index contributed by atoms with van der Waals surface area (Å²) in [6.07, 6.45) is 11.5. The number of carbonyl (C=O) groups is 2. The van der Waals surface area contributed by atoms with E-state index in [0.717, 1.165) is 19.3 Å². The minimum atomic E-state index is -1.50. The van der Waals surface area contributed by atoms with E-state index < -0.39 is 17.5 Å². The second-order valence-corrected chi connectivity index (χ2v) is 7.63. The molecule has 1 rings (SSSR count). The third-order valence-electron chi connectivity index (χ3n) is 5.34. The van der Waals surface area contributed by atoms with Gasteiger partial charge in [-0.1, -0.05) is 64.7 Å². The van der Waals surface area contributed by atoms with Crippen LogP contribution in [-0.4, -0.2) is 41.5 Å². The molecule has 7 nitrogen and oxygen atoms in total. The summed E-state index contributed by atoms with van der Waals surface area (Å²) in [5.74, 6) is -3.05. The molecule has 0 spiro atoms. The zero-order valence-corrected chi connectivity index (χ0v) is 18.9. The summed E-state index contributed by atoms with van der Waals surface area (Å²) in [6, 6.07) is 2.88. The quantitative estimate of drug-likeness (QED) is 0.133. The molecule has 1 aromatic carbocycles. The van der Waals surface area contributed by atoms with Crippen molar-refractivity contribution >= 4 is 17.5 Å². The van der Waals surface area contributed by atoms with E-state index in [1.807, 2.05) is 0 Å². The first-order valence-electron chi connectivity index (χ1n) is 11.0. The Morgan fingerprint density at radius 2 is 1.19 bits per heavy atom. The molecule has 0 radical (unpaired) electrons. The molecule has 0 saturated heterocycles. The molecule has 0 fully saturated rings. The number of carboxylic acid groups (broad SMARTS) is 2. The highest BCUT2D eigenvalue weighted by atomic mass is 16.5. The number of rotatable bonds is 16. The highest BCUT2D eigenvalue weighted by Gasteiger charge is 2.24. The standard InChI is InChI=1S/C24H36O7/c1-4-5-6-7-8-9-10-11-12-13-14-18(21(23(26)27)24(28)29)17-15-19(30-2)22(25)20(16-17)31-3/h15-16,25H,4-14H2,1-3H3,(H,26,27)(H,28,29). The van der Waals surface area contributed by atoms with Gasteiger partial charge in [-0.25, -0.2) is 9.59 Å². The molecule has 0 heterocycles. The molecule has 0 aliphatic carbocycles. The Kier molecular flexibility index (Phi) is 12.2. The van der Waals surface area contributed by atoms with Gasteiger partial charge in [0.2, 0.25) is 5.75 Å². The number of methoxy groups -OCH3 is 2. The Labute approximate surface area is 184 Å². The molecular formula is C24H36O7. The Morgan fingerprint density at radius 1 is 0.774 bits per heavy atom. The number of hydrogen-bond acceptors (Lipinski definition) is 5. The van der Waals surface area contributed by atoms with Crippen molar-refractivity contribution in [3.63, 3.8) is 0 Å². The van der Waals surface area contributed by atoms with Crippen LogP contribution in [0.15, 0.2) is 17.7 Å². The number of phenolic OH excluding ortho intramolecular Hbond substituents is 1. The predicted molar refractivity (Wildman–Crippen MR) is 120 cm³/mol. The molecule has 0 unspecified atom stereocenters. The van der Waals surface area contributed by atoms with Gasteiger partial charge in [-0.3, -0.25) is 0 Å². The van der Waals surface area contributed by atoms with E-state index in [0.29, 0.717) is 18.4 Å². The number of aromatic hydroxyl groups is 1.